The maximum absolute atomic E-state index is 12.8. The molecule has 0 aliphatic carbocycles. The minimum Gasteiger partial charge on any atom is -0.444 e. The standard InChI is InChI=1S/C20H22N6O2/c1-25(12-18-22-9-7-17(21)24-18)15-8-10-26(11-15)20(27)16-13-28-19(23-16)14-5-3-2-4-6-14/h2-7,9,13,15H,8,10-12H2,1H3,(H2,21,22,24)/t15-/m1/s1. The van der Waals surface area contributed by atoms with E-state index in [1.807, 2.05) is 42.3 Å². The van der Waals surface area contributed by atoms with Crippen LogP contribution in [-0.2, 0) is 6.54 Å². The van der Waals surface area contributed by atoms with Crippen LogP contribution in [0.1, 0.15) is 22.7 Å². The van der Waals surface area contributed by atoms with Gasteiger partial charge in [0.05, 0.1) is 6.54 Å². The molecular weight excluding hydrogens is 356 g/mol. The first kappa shape index (κ1) is 18.1. The number of benzene rings is 1. The summed E-state index contributed by atoms with van der Waals surface area (Å²) in [5.74, 6) is 1.48. The van der Waals surface area contributed by atoms with Gasteiger partial charge >= 0.3 is 0 Å². The lowest BCUT2D eigenvalue weighted by atomic mass is 10.2. The fraction of sp³-hybridized carbons (Fsp3) is 0.300. The quantitative estimate of drug-likeness (QED) is 0.725. The van der Waals surface area contributed by atoms with E-state index in [1.54, 1.807) is 12.3 Å². The number of rotatable bonds is 5. The monoisotopic (exact) mass is 378 g/mol. The summed E-state index contributed by atoms with van der Waals surface area (Å²) in [6.07, 6.45) is 3.97. The fourth-order valence-electron chi connectivity index (χ4n) is 3.38. The van der Waals surface area contributed by atoms with E-state index >= 15 is 0 Å². The number of anilines is 1. The molecule has 0 spiro atoms. The van der Waals surface area contributed by atoms with Gasteiger partial charge in [0.1, 0.15) is 17.9 Å². The average molecular weight is 378 g/mol. The van der Waals surface area contributed by atoms with Crippen LogP contribution in [0.5, 0.6) is 0 Å². The summed E-state index contributed by atoms with van der Waals surface area (Å²) in [7, 11) is 2.01. The van der Waals surface area contributed by atoms with Crippen LogP contribution < -0.4 is 5.73 Å². The molecule has 4 rings (SSSR count). The predicted octanol–water partition coefficient (Wildman–Crippen LogP) is 2.06. The molecule has 0 radical (unpaired) electrons. The number of likely N-dealkylation sites (tertiary alicyclic amines) is 1. The van der Waals surface area contributed by atoms with Crippen molar-refractivity contribution in [1.82, 2.24) is 24.8 Å². The maximum atomic E-state index is 12.8. The molecule has 3 heterocycles. The molecule has 1 atom stereocenters. The Hall–Kier alpha value is -3.26. The van der Waals surface area contributed by atoms with E-state index in [-0.39, 0.29) is 11.9 Å². The van der Waals surface area contributed by atoms with Gasteiger partial charge in [-0.2, -0.15) is 0 Å². The molecule has 2 N–H and O–H groups in total. The molecule has 1 fully saturated rings. The van der Waals surface area contributed by atoms with Crippen molar-refractivity contribution in [2.45, 2.75) is 19.0 Å². The van der Waals surface area contributed by atoms with E-state index in [0.29, 0.717) is 42.9 Å². The molecule has 3 aromatic rings. The first-order valence-electron chi connectivity index (χ1n) is 9.18. The van der Waals surface area contributed by atoms with Gasteiger partial charge in [-0.3, -0.25) is 9.69 Å². The number of carbonyl (C=O) groups excluding carboxylic acids is 1. The summed E-state index contributed by atoms with van der Waals surface area (Å²) >= 11 is 0. The Balaban J connectivity index is 1.38. The number of carbonyl (C=O) groups is 1. The number of likely N-dealkylation sites (N-methyl/N-ethyl adjacent to an activating group) is 1. The van der Waals surface area contributed by atoms with E-state index in [4.69, 9.17) is 10.2 Å². The zero-order valence-corrected chi connectivity index (χ0v) is 15.7. The molecule has 1 aromatic carbocycles. The lowest BCUT2D eigenvalue weighted by Crippen LogP contribution is -2.36. The van der Waals surface area contributed by atoms with Crippen molar-refractivity contribution < 1.29 is 9.21 Å². The molecule has 2 aromatic heterocycles. The third-order valence-corrected chi connectivity index (χ3v) is 4.94. The van der Waals surface area contributed by atoms with E-state index in [1.165, 1.54) is 6.26 Å². The third kappa shape index (κ3) is 3.86. The van der Waals surface area contributed by atoms with Crippen LogP contribution in [0.3, 0.4) is 0 Å². The van der Waals surface area contributed by atoms with Crippen molar-refractivity contribution >= 4 is 11.7 Å². The van der Waals surface area contributed by atoms with E-state index in [9.17, 15) is 4.79 Å². The summed E-state index contributed by atoms with van der Waals surface area (Å²) < 4.78 is 5.50. The molecule has 1 amide bonds. The highest BCUT2D eigenvalue weighted by Gasteiger charge is 2.31. The van der Waals surface area contributed by atoms with Crippen LogP contribution >= 0.6 is 0 Å². The first-order valence-corrected chi connectivity index (χ1v) is 9.18. The predicted molar refractivity (Wildman–Crippen MR) is 104 cm³/mol. The molecular formula is C20H22N6O2. The molecule has 0 bridgehead atoms. The second kappa shape index (κ2) is 7.77. The van der Waals surface area contributed by atoms with Crippen LogP contribution in [0, 0.1) is 0 Å². The largest absolute Gasteiger partial charge is 0.444 e. The number of aromatic nitrogens is 3. The van der Waals surface area contributed by atoms with Crippen molar-refractivity contribution in [1.29, 1.82) is 0 Å². The number of oxazole rings is 1. The van der Waals surface area contributed by atoms with Gasteiger partial charge in [0.15, 0.2) is 5.69 Å². The fourth-order valence-corrected chi connectivity index (χ4v) is 3.38. The van der Waals surface area contributed by atoms with Crippen LogP contribution in [0.15, 0.2) is 53.3 Å². The van der Waals surface area contributed by atoms with Crippen molar-refractivity contribution in [3.63, 3.8) is 0 Å². The van der Waals surface area contributed by atoms with Gasteiger partial charge in [-0.25, -0.2) is 15.0 Å². The molecule has 1 saturated heterocycles. The first-order chi connectivity index (χ1) is 13.6. The lowest BCUT2D eigenvalue weighted by molar-refractivity contribution is 0.0773. The highest BCUT2D eigenvalue weighted by atomic mass is 16.3. The molecule has 0 saturated carbocycles. The number of nitrogens with two attached hydrogens (primary N) is 1. The zero-order valence-electron chi connectivity index (χ0n) is 15.7. The Morgan fingerprint density at radius 3 is 2.89 bits per heavy atom. The minimum absolute atomic E-state index is 0.109. The van der Waals surface area contributed by atoms with Crippen molar-refractivity contribution in [2.24, 2.45) is 0 Å². The Morgan fingerprint density at radius 2 is 2.11 bits per heavy atom. The number of hydrogen-bond donors (Lipinski definition) is 1. The van der Waals surface area contributed by atoms with Gasteiger partial charge < -0.3 is 15.1 Å². The summed E-state index contributed by atoms with van der Waals surface area (Å²) in [6, 6.07) is 11.4. The van der Waals surface area contributed by atoms with Crippen LogP contribution in [-0.4, -0.2) is 56.8 Å². The van der Waals surface area contributed by atoms with Crippen LogP contribution in [0.4, 0.5) is 5.82 Å². The number of amides is 1. The van der Waals surface area contributed by atoms with Crippen LogP contribution in [0.2, 0.25) is 0 Å². The summed E-state index contributed by atoms with van der Waals surface area (Å²) in [5, 5.41) is 0. The molecule has 8 heteroatoms. The SMILES string of the molecule is CN(Cc1nccc(N)n1)[C@@H]1CCN(C(=O)c2coc(-c3ccccc3)n2)C1. The normalized spacial score (nSPS) is 16.6. The van der Waals surface area contributed by atoms with Crippen molar-refractivity contribution in [3.8, 4) is 11.5 Å². The maximum Gasteiger partial charge on any atom is 0.275 e. The zero-order chi connectivity index (χ0) is 19.5. The second-order valence-corrected chi connectivity index (χ2v) is 6.91. The van der Waals surface area contributed by atoms with E-state index in [2.05, 4.69) is 19.9 Å². The number of nitrogens with zero attached hydrogens (tertiary/aromatic N) is 5. The molecule has 144 valence electrons. The molecule has 0 unspecified atom stereocenters. The summed E-state index contributed by atoms with van der Waals surface area (Å²) in [6.45, 7) is 1.89. The molecule has 28 heavy (non-hydrogen) atoms. The highest BCUT2D eigenvalue weighted by molar-refractivity contribution is 5.92. The lowest BCUT2D eigenvalue weighted by Gasteiger charge is -2.23. The smallest absolute Gasteiger partial charge is 0.275 e. The highest BCUT2D eigenvalue weighted by Crippen LogP contribution is 2.21. The average Bonchev–Trinajstić information content (AvgIpc) is 3.38. The summed E-state index contributed by atoms with van der Waals surface area (Å²) in [4.78, 5) is 29.6. The Kier molecular flexibility index (Phi) is 5.03. The van der Waals surface area contributed by atoms with Crippen molar-refractivity contribution in [3.05, 3.63) is 60.4 Å². The topological polar surface area (TPSA) is 101 Å². The van der Waals surface area contributed by atoms with Crippen LogP contribution in [0.25, 0.3) is 11.5 Å². The van der Waals surface area contributed by atoms with Gasteiger partial charge in [-0.15, -0.1) is 0 Å². The van der Waals surface area contributed by atoms with Gasteiger partial charge in [0.2, 0.25) is 5.89 Å². The number of nitrogen functional groups attached to an aromatic ring is 1. The van der Waals surface area contributed by atoms with Gasteiger partial charge in [-0.05, 0) is 31.7 Å². The third-order valence-electron chi connectivity index (χ3n) is 4.94. The van der Waals surface area contributed by atoms with Gasteiger partial charge in [-0.1, -0.05) is 18.2 Å². The molecule has 8 nitrogen and oxygen atoms in total. The van der Waals surface area contributed by atoms with E-state index in [0.717, 1.165) is 12.0 Å². The minimum atomic E-state index is -0.109. The van der Waals surface area contributed by atoms with Crippen molar-refractivity contribution in [2.75, 3.05) is 25.9 Å². The van der Waals surface area contributed by atoms with E-state index < -0.39 is 0 Å². The summed E-state index contributed by atoms with van der Waals surface area (Å²) in [5.41, 5.74) is 6.90. The Labute approximate surface area is 163 Å². The Morgan fingerprint density at radius 1 is 1.29 bits per heavy atom. The van der Waals surface area contributed by atoms with Gasteiger partial charge in [0.25, 0.3) is 5.91 Å². The molecule has 1 aliphatic heterocycles. The molecule has 1 aliphatic rings. The Bertz CT molecular complexity index is 958. The second-order valence-electron chi connectivity index (χ2n) is 6.91. The van der Waals surface area contributed by atoms with Gasteiger partial charge in [0, 0.05) is 30.9 Å². The number of hydrogen-bond acceptors (Lipinski definition) is 7.